The van der Waals surface area contributed by atoms with Crippen LogP contribution in [0.5, 0.6) is 0 Å². The van der Waals surface area contributed by atoms with Crippen LogP contribution in [0.15, 0.2) is 4.79 Å². The molecular weight excluding hydrogens is 294 g/mol. The first-order valence-corrected chi connectivity index (χ1v) is 6.90. The Morgan fingerprint density at radius 3 is 2.90 bits per heavy atom. The summed E-state index contributed by atoms with van der Waals surface area (Å²) in [7, 11) is -4.57. The smallest absolute Gasteiger partial charge is 0.294 e. The average molecular weight is 307 g/mol. The standard InChI is InChI=1S/C8H13N5O6S/c9-8-11-6-5(7(15)12-8)10-2-13(6)3-19-1-4(14)20(16,17)18/h4,10,14H,1-3H2,(H,16,17,18)(H3,9,11,12,15). The second kappa shape index (κ2) is 5.24. The van der Waals surface area contributed by atoms with Crippen molar-refractivity contribution in [1.29, 1.82) is 0 Å². The third-order valence-corrected chi connectivity index (χ3v) is 3.34. The Kier molecular flexibility index (Phi) is 3.80. The molecule has 6 N–H and O–H groups in total. The van der Waals surface area contributed by atoms with Crippen molar-refractivity contribution < 1.29 is 22.8 Å². The number of nitrogens with one attached hydrogen (secondary N) is 2. The highest BCUT2D eigenvalue weighted by Crippen LogP contribution is 2.24. The molecule has 1 unspecified atom stereocenters. The molecule has 1 aliphatic rings. The van der Waals surface area contributed by atoms with Gasteiger partial charge in [0.2, 0.25) is 11.4 Å². The summed E-state index contributed by atoms with van der Waals surface area (Å²) in [6, 6.07) is 0. The molecule has 1 aromatic heterocycles. The van der Waals surface area contributed by atoms with Crippen LogP contribution in [0.4, 0.5) is 17.5 Å². The number of hydrogen-bond donors (Lipinski definition) is 5. The van der Waals surface area contributed by atoms with Crippen molar-refractivity contribution in [3.8, 4) is 0 Å². The molecule has 0 aromatic carbocycles. The van der Waals surface area contributed by atoms with Crippen LogP contribution in [-0.4, -0.2) is 53.5 Å². The number of ether oxygens (including phenoxy) is 1. The monoisotopic (exact) mass is 307 g/mol. The van der Waals surface area contributed by atoms with Gasteiger partial charge in [0, 0.05) is 0 Å². The van der Waals surface area contributed by atoms with E-state index in [1.807, 2.05) is 0 Å². The summed E-state index contributed by atoms with van der Waals surface area (Å²) >= 11 is 0. The van der Waals surface area contributed by atoms with E-state index < -0.39 is 27.7 Å². The summed E-state index contributed by atoms with van der Waals surface area (Å²) in [6.45, 7) is -0.567. The molecule has 112 valence electrons. The second-order valence-electron chi connectivity index (χ2n) is 3.99. The predicted molar refractivity (Wildman–Crippen MR) is 68.6 cm³/mol. The van der Waals surface area contributed by atoms with Crippen LogP contribution >= 0.6 is 0 Å². The van der Waals surface area contributed by atoms with Crippen LogP contribution in [0.1, 0.15) is 0 Å². The van der Waals surface area contributed by atoms with Gasteiger partial charge in [-0.2, -0.15) is 13.4 Å². The molecule has 1 atom stereocenters. The van der Waals surface area contributed by atoms with Gasteiger partial charge in [-0.05, 0) is 0 Å². The number of H-pyrrole nitrogens is 1. The van der Waals surface area contributed by atoms with Gasteiger partial charge in [-0.15, -0.1) is 0 Å². The quantitative estimate of drug-likeness (QED) is 0.373. The highest BCUT2D eigenvalue weighted by molar-refractivity contribution is 7.86. The van der Waals surface area contributed by atoms with Crippen LogP contribution in [-0.2, 0) is 14.9 Å². The number of aromatic amines is 1. The van der Waals surface area contributed by atoms with Gasteiger partial charge in [-0.1, -0.05) is 0 Å². The molecule has 0 saturated carbocycles. The first kappa shape index (κ1) is 14.5. The van der Waals surface area contributed by atoms with Crippen molar-refractivity contribution in [1.82, 2.24) is 9.97 Å². The number of fused-ring (bicyclic) bond motifs is 1. The zero-order valence-electron chi connectivity index (χ0n) is 10.1. The van der Waals surface area contributed by atoms with E-state index in [-0.39, 0.29) is 30.9 Å². The first-order chi connectivity index (χ1) is 9.29. The summed E-state index contributed by atoms with van der Waals surface area (Å²) in [5, 5.41) is 11.8. The largest absolute Gasteiger partial charge is 0.373 e. The van der Waals surface area contributed by atoms with Gasteiger partial charge in [-0.3, -0.25) is 14.3 Å². The number of nitrogen functional groups attached to an aromatic ring is 1. The Labute approximate surface area is 113 Å². The predicted octanol–water partition coefficient (Wildman–Crippen LogP) is -2.28. The van der Waals surface area contributed by atoms with E-state index in [0.717, 1.165) is 0 Å². The molecule has 0 radical (unpaired) electrons. The topological polar surface area (TPSA) is 171 Å². The molecule has 2 heterocycles. The van der Waals surface area contributed by atoms with Crippen molar-refractivity contribution in [2.45, 2.75) is 5.44 Å². The molecule has 0 aliphatic carbocycles. The van der Waals surface area contributed by atoms with Crippen molar-refractivity contribution >= 4 is 27.6 Å². The third-order valence-electron chi connectivity index (χ3n) is 2.52. The maximum absolute atomic E-state index is 11.5. The Morgan fingerprint density at radius 1 is 1.55 bits per heavy atom. The van der Waals surface area contributed by atoms with Crippen LogP contribution in [0, 0.1) is 0 Å². The molecule has 0 saturated heterocycles. The van der Waals surface area contributed by atoms with E-state index in [1.165, 1.54) is 4.90 Å². The maximum Gasteiger partial charge on any atom is 0.294 e. The van der Waals surface area contributed by atoms with Gasteiger partial charge < -0.3 is 25.8 Å². The van der Waals surface area contributed by atoms with Crippen molar-refractivity contribution in [2.75, 3.05) is 36.0 Å². The number of aromatic nitrogens is 2. The van der Waals surface area contributed by atoms with Crippen LogP contribution in [0.25, 0.3) is 0 Å². The van der Waals surface area contributed by atoms with Crippen LogP contribution in [0.2, 0.25) is 0 Å². The van der Waals surface area contributed by atoms with E-state index >= 15 is 0 Å². The van der Waals surface area contributed by atoms with E-state index in [2.05, 4.69) is 15.3 Å². The van der Waals surface area contributed by atoms with Crippen molar-refractivity contribution in [3.63, 3.8) is 0 Å². The minimum atomic E-state index is -4.57. The Bertz CT molecular complexity index is 658. The molecule has 0 amide bonds. The fourth-order valence-corrected chi connectivity index (χ4v) is 1.84. The molecule has 1 aromatic rings. The lowest BCUT2D eigenvalue weighted by molar-refractivity contribution is 0.0703. The fraction of sp³-hybridized carbons (Fsp3) is 0.500. The van der Waals surface area contributed by atoms with E-state index in [4.69, 9.17) is 20.1 Å². The van der Waals surface area contributed by atoms with Crippen LogP contribution < -0.4 is 21.5 Å². The highest BCUT2D eigenvalue weighted by atomic mass is 32.2. The first-order valence-electron chi connectivity index (χ1n) is 5.40. The Balaban J connectivity index is 2.00. The lowest BCUT2D eigenvalue weighted by atomic mass is 10.5. The summed E-state index contributed by atoms with van der Waals surface area (Å²) in [4.78, 5) is 19.2. The third kappa shape index (κ3) is 2.98. The molecule has 20 heavy (non-hydrogen) atoms. The summed E-state index contributed by atoms with van der Waals surface area (Å²) in [5.41, 5.74) is 3.16. The van der Waals surface area contributed by atoms with Crippen molar-refractivity contribution in [3.05, 3.63) is 10.4 Å². The lowest BCUT2D eigenvalue weighted by Crippen LogP contribution is -2.31. The summed E-state index contributed by atoms with van der Waals surface area (Å²) < 4.78 is 34.6. The minimum absolute atomic E-state index is 0.0691. The molecule has 0 bridgehead atoms. The normalized spacial score (nSPS) is 15.8. The SMILES string of the molecule is Nc1nc2c(c(=O)[nH]1)NCN2COCC(O)S(=O)(=O)O. The molecule has 0 spiro atoms. The van der Waals surface area contributed by atoms with E-state index in [9.17, 15) is 13.2 Å². The number of aliphatic hydroxyl groups excluding tert-OH is 1. The van der Waals surface area contributed by atoms with Gasteiger partial charge in [0.1, 0.15) is 12.4 Å². The van der Waals surface area contributed by atoms with Gasteiger partial charge >= 0.3 is 0 Å². The fourth-order valence-electron chi connectivity index (χ4n) is 1.57. The molecule has 12 heteroatoms. The van der Waals surface area contributed by atoms with Crippen LogP contribution in [0.3, 0.4) is 0 Å². The highest BCUT2D eigenvalue weighted by Gasteiger charge is 2.25. The number of nitrogens with zero attached hydrogens (tertiary/aromatic N) is 2. The number of aliphatic hydroxyl groups is 1. The molecule has 1 aliphatic heterocycles. The molecular formula is C8H13N5O6S. The maximum atomic E-state index is 11.5. The molecule has 2 rings (SSSR count). The number of hydrogen-bond acceptors (Lipinski definition) is 9. The zero-order valence-corrected chi connectivity index (χ0v) is 10.9. The van der Waals surface area contributed by atoms with Gasteiger partial charge in [0.15, 0.2) is 5.82 Å². The Morgan fingerprint density at radius 2 is 2.25 bits per heavy atom. The lowest BCUT2D eigenvalue weighted by Gasteiger charge is -2.17. The van der Waals surface area contributed by atoms with Gasteiger partial charge in [0.05, 0.1) is 13.3 Å². The minimum Gasteiger partial charge on any atom is -0.373 e. The van der Waals surface area contributed by atoms with E-state index in [1.54, 1.807) is 0 Å². The average Bonchev–Trinajstić information content (AvgIpc) is 2.71. The number of anilines is 3. The molecule has 11 nitrogen and oxygen atoms in total. The zero-order chi connectivity index (χ0) is 14.9. The van der Waals surface area contributed by atoms with Crippen molar-refractivity contribution in [2.24, 2.45) is 0 Å². The summed E-state index contributed by atoms with van der Waals surface area (Å²) in [6.07, 6.45) is 0. The second-order valence-corrected chi connectivity index (χ2v) is 5.57. The van der Waals surface area contributed by atoms with Gasteiger partial charge in [0.25, 0.3) is 15.7 Å². The number of rotatable bonds is 5. The summed E-state index contributed by atoms with van der Waals surface area (Å²) in [5.74, 6) is 0.188. The number of nitrogens with two attached hydrogens (primary N) is 1. The van der Waals surface area contributed by atoms with Gasteiger partial charge in [-0.25, -0.2) is 0 Å². The molecule has 0 fully saturated rings. The Hall–Kier alpha value is -1.89. The van der Waals surface area contributed by atoms with E-state index in [0.29, 0.717) is 0 Å².